The van der Waals surface area contributed by atoms with Gasteiger partial charge in [-0.05, 0) is 43.0 Å². The summed E-state index contributed by atoms with van der Waals surface area (Å²) in [4.78, 5) is 21.5. The zero-order valence-electron chi connectivity index (χ0n) is 18.5. The van der Waals surface area contributed by atoms with Crippen molar-refractivity contribution in [1.29, 1.82) is 0 Å². The Labute approximate surface area is 183 Å². The van der Waals surface area contributed by atoms with Crippen LogP contribution < -0.4 is 10.1 Å². The molecular weight excluding hydrogens is 394 g/mol. The Hall–Kier alpha value is -2.45. The summed E-state index contributed by atoms with van der Waals surface area (Å²) in [5.74, 6) is 2.88. The number of benzene rings is 1. The first kappa shape index (κ1) is 21.8. The van der Waals surface area contributed by atoms with Crippen LogP contribution in [0.5, 0.6) is 5.75 Å². The Morgan fingerprint density at radius 2 is 1.90 bits per heavy atom. The van der Waals surface area contributed by atoms with Crippen molar-refractivity contribution in [3.63, 3.8) is 0 Å². The van der Waals surface area contributed by atoms with Gasteiger partial charge in [0.05, 0.1) is 20.2 Å². The quantitative estimate of drug-likeness (QED) is 0.727. The maximum Gasteiger partial charge on any atom is 0.241 e. The average Bonchev–Trinajstić information content (AvgIpc) is 3.23. The minimum Gasteiger partial charge on any atom is -0.497 e. The fourth-order valence-electron chi connectivity index (χ4n) is 4.51. The van der Waals surface area contributed by atoms with E-state index in [0.29, 0.717) is 30.8 Å². The molecule has 31 heavy (non-hydrogen) atoms. The van der Waals surface area contributed by atoms with Crippen molar-refractivity contribution in [3.05, 3.63) is 30.2 Å². The molecule has 1 N–H and O–H groups in total. The van der Waals surface area contributed by atoms with Crippen LogP contribution in [0.2, 0.25) is 0 Å². The van der Waals surface area contributed by atoms with Crippen molar-refractivity contribution in [2.24, 2.45) is 5.92 Å². The summed E-state index contributed by atoms with van der Waals surface area (Å²) >= 11 is 0. The van der Waals surface area contributed by atoms with Gasteiger partial charge in [0.15, 0.2) is 0 Å². The van der Waals surface area contributed by atoms with E-state index < -0.39 is 0 Å². The Bertz CT molecular complexity index is 845. The van der Waals surface area contributed by atoms with Gasteiger partial charge in [0, 0.05) is 37.8 Å². The first-order chi connectivity index (χ1) is 15.1. The van der Waals surface area contributed by atoms with Crippen molar-refractivity contribution >= 4 is 5.91 Å². The lowest BCUT2D eigenvalue weighted by Gasteiger charge is -2.34. The predicted molar refractivity (Wildman–Crippen MR) is 118 cm³/mol. The number of carbonyl (C=O) groups excluding carboxylic acids is 1. The normalized spacial score (nSPS) is 22.9. The first-order valence-electron chi connectivity index (χ1n) is 11.3. The molecule has 1 saturated heterocycles. The summed E-state index contributed by atoms with van der Waals surface area (Å²) in [6.45, 7) is 6.90. The fraction of sp³-hybridized carbons (Fsp3) is 0.609. The molecule has 0 radical (unpaired) electrons. The van der Waals surface area contributed by atoms with Crippen LogP contribution in [0.1, 0.15) is 38.5 Å². The lowest BCUT2D eigenvalue weighted by atomic mass is 9.87. The molecule has 1 aliphatic heterocycles. The Morgan fingerprint density at radius 3 is 2.61 bits per heavy atom. The lowest BCUT2D eigenvalue weighted by molar-refractivity contribution is -0.123. The standard InChI is InChI=1S/C23H33N5O3/c1-17-4-3-5-19(14-17)24-21(29)15-27-10-12-28(13-11-27)16-22-25-23(26-31-22)18-6-8-20(30-2)9-7-18/h6-9,17,19H,3-5,10-16H2,1-2H3,(H,24,29). The monoisotopic (exact) mass is 427 g/mol. The van der Waals surface area contributed by atoms with Crippen LogP contribution >= 0.6 is 0 Å². The minimum atomic E-state index is 0.161. The summed E-state index contributed by atoms with van der Waals surface area (Å²) in [6, 6.07) is 7.97. The summed E-state index contributed by atoms with van der Waals surface area (Å²) in [7, 11) is 1.64. The van der Waals surface area contributed by atoms with Crippen molar-refractivity contribution in [1.82, 2.24) is 25.3 Å². The van der Waals surface area contributed by atoms with Gasteiger partial charge in [-0.2, -0.15) is 4.98 Å². The van der Waals surface area contributed by atoms with Crippen LogP contribution in [0.25, 0.3) is 11.4 Å². The van der Waals surface area contributed by atoms with Gasteiger partial charge < -0.3 is 14.6 Å². The van der Waals surface area contributed by atoms with Gasteiger partial charge in [0.25, 0.3) is 0 Å². The van der Waals surface area contributed by atoms with E-state index in [4.69, 9.17) is 9.26 Å². The van der Waals surface area contributed by atoms with Gasteiger partial charge in [-0.25, -0.2) is 0 Å². The number of methoxy groups -OCH3 is 1. The van der Waals surface area contributed by atoms with E-state index in [9.17, 15) is 4.79 Å². The van der Waals surface area contributed by atoms with E-state index in [1.54, 1.807) is 7.11 Å². The van der Waals surface area contributed by atoms with E-state index in [0.717, 1.165) is 56.3 Å². The molecule has 4 rings (SSSR count). The molecule has 1 aromatic heterocycles. The van der Waals surface area contributed by atoms with Gasteiger partial charge in [-0.3, -0.25) is 14.6 Å². The second-order valence-electron chi connectivity index (χ2n) is 8.83. The third kappa shape index (κ3) is 6.04. The van der Waals surface area contributed by atoms with Crippen LogP contribution in [0.15, 0.2) is 28.8 Å². The molecule has 168 valence electrons. The highest BCUT2D eigenvalue weighted by molar-refractivity contribution is 5.78. The molecule has 1 aliphatic carbocycles. The molecule has 1 amide bonds. The third-order valence-electron chi connectivity index (χ3n) is 6.31. The summed E-state index contributed by atoms with van der Waals surface area (Å²) < 4.78 is 10.6. The second-order valence-corrected chi connectivity index (χ2v) is 8.83. The molecule has 0 bridgehead atoms. The smallest absolute Gasteiger partial charge is 0.241 e. The number of nitrogens with one attached hydrogen (secondary N) is 1. The minimum absolute atomic E-state index is 0.161. The van der Waals surface area contributed by atoms with E-state index in [1.807, 2.05) is 24.3 Å². The van der Waals surface area contributed by atoms with Gasteiger partial charge in [-0.1, -0.05) is 24.9 Å². The molecular formula is C23H33N5O3. The molecule has 0 spiro atoms. The topological polar surface area (TPSA) is 83.7 Å². The molecule has 8 heteroatoms. The molecule has 1 aromatic carbocycles. The van der Waals surface area contributed by atoms with Crippen molar-refractivity contribution in [3.8, 4) is 17.1 Å². The Balaban J connectivity index is 1.20. The van der Waals surface area contributed by atoms with Crippen LogP contribution in [0, 0.1) is 5.92 Å². The highest BCUT2D eigenvalue weighted by atomic mass is 16.5. The fourth-order valence-corrected chi connectivity index (χ4v) is 4.51. The molecule has 2 fully saturated rings. The van der Waals surface area contributed by atoms with Crippen LogP contribution in [0.4, 0.5) is 0 Å². The maximum absolute atomic E-state index is 12.4. The molecule has 1 saturated carbocycles. The number of rotatable bonds is 7. The highest BCUT2D eigenvalue weighted by Gasteiger charge is 2.24. The number of hydrogen-bond acceptors (Lipinski definition) is 7. The predicted octanol–water partition coefficient (Wildman–Crippen LogP) is 2.56. The molecule has 2 aliphatic rings. The summed E-state index contributed by atoms with van der Waals surface area (Å²) in [6.07, 6.45) is 4.74. The number of carbonyl (C=O) groups is 1. The largest absolute Gasteiger partial charge is 0.497 e. The molecule has 8 nitrogen and oxygen atoms in total. The number of nitrogens with zero attached hydrogens (tertiary/aromatic N) is 4. The van der Waals surface area contributed by atoms with Gasteiger partial charge >= 0.3 is 0 Å². The molecule has 2 heterocycles. The second kappa shape index (κ2) is 10.2. The first-order valence-corrected chi connectivity index (χ1v) is 11.3. The number of aromatic nitrogens is 2. The molecule has 2 aromatic rings. The number of piperazine rings is 1. The zero-order valence-corrected chi connectivity index (χ0v) is 18.5. The number of hydrogen-bond donors (Lipinski definition) is 1. The van der Waals surface area contributed by atoms with E-state index in [1.165, 1.54) is 12.8 Å². The van der Waals surface area contributed by atoms with E-state index in [-0.39, 0.29) is 5.91 Å². The Kier molecular flexibility index (Phi) is 7.19. The van der Waals surface area contributed by atoms with Crippen LogP contribution in [-0.2, 0) is 11.3 Å². The lowest BCUT2D eigenvalue weighted by Crippen LogP contribution is -2.50. The van der Waals surface area contributed by atoms with Gasteiger partial charge in [0.1, 0.15) is 5.75 Å². The number of amides is 1. The number of ether oxygens (including phenoxy) is 1. The van der Waals surface area contributed by atoms with Crippen molar-refractivity contribution in [2.75, 3.05) is 39.8 Å². The van der Waals surface area contributed by atoms with E-state index in [2.05, 4.69) is 32.2 Å². The van der Waals surface area contributed by atoms with Gasteiger partial charge in [-0.15, -0.1) is 0 Å². The average molecular weight is 428 g/mol. The van der Waals surface area contributed by atoms with E-state index >= 15 is 0 Å². The summed E-state index contributed by atoms with van der Waals surface area (Å²) in [5.41, 5.74) is 0.902. The van der Waals surface area contributed by atoms with Crippen LogP contribution in [-0.4, -0.2) is 71.7 Å². The van der Waals surface area contributed by atoms with Crippen molar-refractivity contribution < 1.29 is 14.1 Å². The maximum atomic E-state index is 12.4. The molecule has 2 unspecified atom stereocenters. The third-order valence-corrected chi connectivity index (χ3v) is 6.31. The van der Waals surface area contributed by atoms with Gasteiger partial charge in [0.2, 0.25) is 17.6 Å². The highest BCUT2D eigenvalue weighted by Crippen LogP contribution is 2.23. The SMILES string of the molecule is COc1ccc(-c2noc(CN3CCN(CC(=O)NC4CCCC(C)C4)CC3)n2)cc1. The Morgan fingerprint density at radius 1 is 1.16 bits per heavy atom. The van der Waals surface area contributed by atoms with Crippen molar-refractivity contribution in [2.45, 2.75) is 45.2 Å². The van der Waals surface area contributed by atoms with Crippen LogP contribution in [0.3, 0.4) is 0 Å². The summed E-state index contributed by atoms with van der Waals surface area (Å²) in [5, 5.41) is 7.34. The zero-order chi connectivity index (χ0) is 21.6. The molecule has 2 atom stereocenters.